The topological polar surface area (TPSA) is 78.3 Å². The maximum atomic E-state index is 12.4. The van der Waals surface area contributed by atoms with Crippen molar-refractivity contribution in [3.05, 3.63) is 71.8 Å². The van der Waals surface area contributed by atoms with E-state index in [1.165, 1.54) is 0 Å². The molecule has 4 heteroatoms. The minimum absolute atomic E-state index is 0.378. The van der Waals surface area contributed by atoms with E-state index in [1.807, 2.05) is 12.1 Å². The third-order valence-electron chi connectivity index (χ3n) is 2.76. The van der Waals surface area contributed by atoms with Crippen molar-refractivity contribution in [3.63, 3.8) is 0 Å². The van der Waals surface area contributed by atoms with Gasteiger partial charge in [-0.2, -0.15) is 0 Å². The molecular formula is C14H14N2O2. The first kappa shape index (κ1) is 12.4. The van der Waals surface area contributed by atoms with E-state index in [9.17, 15) is 4.79 Å². The Morgan fingerprint density at radius 1 is 0.944 bits per heavy atom. The quantitative estimate of drug-likeness (QED) is 0.484. The lowest BCUT2D eigenvalue weighted by molar-refractivity contribution is -0.0277. The first-order chi connectivity index (χ1) is 8.68. The molecule has 2 rings (SSSR count). The number of benzene rings is 2. The summed E-state index contributed by atoms with van der Waals surface area (Å²) in [6.45, 7) is 0. The molecule has 0 aliphatic rings. The van der Waals surface area contributed by atoms with Gasteiger partial charge in [-0.1, -0.05) is 60.7 Å². The lowest BCUT2D eigenvalue weighted by Crippen LogP contribution is -2.49. The summed E-state index contributed by atoms with van der Waals surface area (Å²) in [5, 5.41) is 0. The van der Waals surface area contributed by atoms with Crippen LogP contribution in [0.25, 0.3) is 0 Å². The van der Waals surface area contributed by atoms with Crippen LogP contribution in [-0.4, -0.2) is 5.78 Å². The van der Waals surface area contributed by atoms with Gasteiger partial charge in [0.05, 0.1) is 0 Å². The van der Waals surface area contributed by atoms with Gasteiger partial charge in [0, 0.05) is 11.1 Å². The Hall–Kier alpha value is -2.01. The zero-order chi connectivity index (χ0) is 13.0. The Kier molecular flexibility index (Phi) is 3.53. The van der Waals surface area contributed by atoms with Gasteiger partial charge < -0.3 is 0 Å². The fraction of sp³-hybridized carbons (Fsp3) is 0.0714. The third-order valence-corrected chi connectivity index (χ3v) is 2.76. The number of Topliss-reactive ketones (excluding diaryl/α,β-unsaturated/α-hetero) is 1. The number of rotatable bonds is 4. The number of hydrogen-bond acceptors (Lipinski definition) is 4. The van der Waals surface area contributed by atoms with Gasteiger partial charge in [0.2, 0.25) is 11.5 Å². The molecule has 0 amide bonds. The number of carbonyl (C=O) groups excluding carboxylic acids is 1. The second-order valence-electron chi connectivity index (χ2n) is 3.91. The van der Waals surface area contributed by atoms with E-state index in [0.29, 0.717) is 11.1 Å². The first-order valence-corrected chi connectivity index (χ1v) is 5.50. The normalized spacial score (nSPS) is 13.9. The lowest BCUT2D eigenvalue weighted by atomic mass is 9.94. The average Bonchev–Trinajstić information content (AvgIpc) is 2.47. The number of ketones is 1. The summed E-state index contributed by atoms with van der Waals surface area (Å²) in [6.07, 6.45) is 0. The summed E-state index contributed by atoms with van der Waals surface area (Å²) in [6, 6.07) is 17.5. The molecule has 0 fully saturated rings. The summed E-state index contributed by atoms with van der Waals surface area (Å²) in [7, 11) is 0. The van der Waals surface area contributed by atoms with Crippen molar-refractivity contribution < 1.29 is 9.63 Å². The minimum Gasteiger partial charge on any atom is -0.291 e. The van der Waals surface area contributed by atoms with Gasteiger partial charge in [0.25, 0.3) is 0 Å². The molecule has 2 aromatic carbocycles. The molecule has 1 unspecified atom stereocenters. The van der Waals surface area contributed by atoms with Crippen LogP contribution in [0.15, 0.2) is 60.7 Å². The highest BCUT2D eigenvalue weighted by atomic mass is 16.6. The molecule has 0 bridgehead atoms. The molecule has 18 heavy (non-hydrogen) atoms. The van der Waals surface area contributed by atoms with Crippen LogP contribution in [0.1, 0.15) is 15.9 Å². The molecule has 4 nitrogen and oxygen atoms in total. The first-order valence-electron chi connectivity index (χ1n) is 5.50. The molecule has 0 radical (unpaired) electrons. The molecule has 1 atom stereocenters. The minimum atomic E-state index is -1.66. The second kappa shape index (κ2) is 5.10. The number of hydrogen-bond donors (Lipinski definition) is 2. The summed E-state index contributed by atoms with van der Waals surface area (Å²) in [5.74, 6) is 4.85. The Morgan fingerprint density at radius 2 is 1.44 bits per heavy atom. The van der Waals surface area contributed by atoms with Gasteiger partial charge in [0.1, 0.15) is 0 Å². The molecule has 2 aromatic rings. The monoisotopic (exact) mass is 242 g/mol. The van der Waals surface area contributed by atoms with Crippen molar-refractivity contribution in [1.82, 2.24) is 0 Å². The fourth-order valence-electron chi connectivity index (χ4n) is 1.74. The van der Waals surface area contributed by atoms with Crippen LogP contribution in [0.4, 0.5) is 0 Å². The molecule has 0 aromatic heterocycles. The average molecular weight is 242 g/mol. The number of nitrogens with two attached hydrogens (primary N) is 2. The van der Waals surface area contributed by atoms with Crippen molar-refractivity contribution in [3.8, 4) is 0 Å². The summed E-state index contributed by atoms with van der Waals surface area (Å²) < 4.78 is 0. The van der Waals surface area contributed by atoms with Crippen LogP contribution in [0.5, 0.6) is 0 Å². The van der Waals surface area contributed by atoms with Crippen molar-refractivity contribution in [1.29, 1.82) is 0 Å². The fourth-order valence-corrected chi connectivity index (χ4v) is 1.74. The molecule has 0 aliphatic carbocycles. The van der Waals surface area contributed by atoms with Crippen LogP contribution < -0.4 is 11.6 Å². The van der Waals surface area contributed by atoms with Gasteiger partial charge in [-0.3, -0.25) is 15.4 Å². The summed E-state index contributed by atoms with van der Waals surface area (Å²) in [4.78, 5) is 17.1. The SMILES string of the molecule is NOC(N)(C(=O)c1ccccc1)c1ccccc1. The van der Waals surface area contributed by atoms with Crippen LogP contribution in [0, 0.1) is 0 Å². The predicted octanol–water partition coefficient (Wildman–Crippen LogP) is 1.57. The van der Waals surface area contributed by atoms with E-state index >= 15 is 0 Å². The summed E-state index contributed by atoms with van der Waals surface area (Å²) >= 11 is 0. The van der Waals surface area contributed by atoms with E-state index in [1.54, 1.807) is 48.5 Å². The molecule has 0 saturated carbocycles. The van der Waals surface area contributed by atoms with E-state index < -0.39 is 5.72 Å². The Balaban J connectivity index is 2.43. The zero-order valence-electron chi connectivity index (χ0n) is 9.74. The van der Waals surface area contributed by atoms with Crippen LogP contribution in [-0.2, 0) is 10.6 Å². The van der Waals surface area contributed by atoms with E-state index in [4.69, 9.17) is 16.5 Å². The van der Waals surface area contributed by atoms with Crippen molar-refractivity contribution in [2.24, 2.45) is 11.6 Å². The molecule has 0 spiro atoms. The molecule has 92 valence electrons. The largest absolute Gasteiger partial charge is 0.291 e. The standard InChI is InChI=1S/C14H14N2O2/c15-14(18-16,12-9-5-2-6-10-12)13(17)11-7-3-1-4-8-11/h1-10H,15-16H2. The molecule has 0 heterocycles. The van der Waals surface area contributed by atoms with Gasteiger partial charge in [-0.25, -0.2) is 5.90 Å². The highest BCUT2D eigenvalue weighted by molar-refractivity contribution is 6.02. The van der Waals surface area contributed by atoms with Crippen molar-refractivity contribution in [2.75, 3.05) is 0 Å². The number of carbonyl (C=O) groups is 1. The predicted molar refractivity (Wildman–Crippen MR) is 68.4 cm³/mol. The second-order valence-corrected chi connectivity index (χ2v) is 3.91. The highest BCUT2D eigenvalue weighted by Crippen LogP contribution is 2.23. The van der Waals surface area contributed by atoms with Crippen molar-refractivity contribution in [2.45, 2.75) is 5.72 Å². The zero-order valence-corrected chi connectivity index (χ0v) is 9.74. The van der Waals surface area contributed by atoms with Crippen LogP contribution in [0.3, 0.4) is 0 Å². The van der Waals surface area contributed by atoms with E-state index in [2.05, 4.69) is 0 Å². The lowest BCUT2D eigenvalue weighted by Gasteiger charge is -2.25. The van der Waals surface area contributed by atoms with Gasteiger partial charge in [0.15, 0.2) is 0 Å². The molecular weight excluding hydrogens is 228 g/mol. The molecule has 4 N–H and O–H groups in total. The van der Waals surface area contributed by atoms with E-state index in [-0.39, 0.29) is 5.78 Å². The van der Waals surface area contributed by atoms with E-state index in [0.717, 1.165) is 0 Å². The molecule has 0 aliphatic heterocycles. The maximum absolute atomic E-state index is 12.4. The Bertz CT molecular complexity index is 528. The Morgan fingerprint density at radius 3 is 1.94 bits per heavy atom. The van der Waals surface area contributed by atoms with Crippen LogP contribution >= 0.6 is 0 Å². The third kappa shape index (κ3) is 2.17. The summed E-state index contributed by atoms with van der Waals surface area (Å²) in [5.41, 5.74) is 5.30. The van der Waals surface area contributed by atoms with Gasteiger partial charge in [-0.05, 0) is 0 Å². The highest BCUT2D eigenvalue weighted by Gasteiger charge is 2.37. The smallest absolute Gasteiger partial charge is 0.226 e. The van der Waals surface area contributed by atoms with Gasteiger partial charge in [-0.15, -0.1) is 0 Å². The molecule has 0 saturated heterocycles. The van der Waals surface area contributed by atoms with Gasteiger partial charge >= 0.3 is 0 Å². The van der Waals surface area contributed by atoms with Crippen molar-refractivity contribution >= 4 is 5.78 Å². The maximum Gasteiger partial charge on any atom is 0.226 e. The Labute approximate surface area is 105 Å². The van der Waals surface area contributed by atoms with Crippen LogP contribution in [0.2, 0.25) is 0 Å².